The number of hydrogen-bond acceptors (Lipinski definition) is 6. The molecule has 4 N–H and O–H groups in total. The molecule has 0 radical (unpaired) electrons. The fourth-order valence-electron chi connectivity index (χ4n) is 1.11. The van der Waals surface area contributed by atoms with Gasteiger partial charge in [-0.3, -0.25) is 0 Å². The summed E-state index contributed by atoms with van der Waals surface area (Å²) in [6.07, 6.45) is -0.417. The first-order chi connectivity index (χ1) is 8.69. The van der Waals surface area contributed by atoms with Gasteiger partial charge in [-0.2, -0.15) is 0 Å². The number of rotatable bonds is 10. The van der Waals surface area contributed by atoms with E-state index in [-0.39, 0.29) is 12.6 Å². The van der Waals surface area contributed by atoms with Crippen LogP contribution >= 0.6 is 0 Å². The van der Waals surface area contributed by atoms with E-state index in [1.54, 1.807) is 0 Å². The predicted molar refractivity (Wildman–Crippen MR) is 72.2 cm³/mol. The maximum absolute atomic E-state index is 5.29. The van der Waals surface area contributed by atoms with Gasteiger partial charge in [-0.1, -0.05) is 0 Å². The molecule has 0 aliphatic rings. The average molecular weight is 266 g/mol. The lowest BCUT2D eigenvalue weighted by Crippen LogP contribution is -2.26. The molecule has 18 heavy (non-hydrogen) atoms. The molecule has 6 nitrogen and oxygen atoms in total. The molecule has 0 unspecified atom stereocenters. The van der Waals surface area contributed by atoms with Crippen molar-refractivity contribution in [2.45, 2.75) is 40.3 Å². The van der Waals surface area contributed by atoms with Gasteiger partial charge in [0, 0.05) is 39.5 Å². The summed E-state index contributed by atoms with van der Waals surface area (Å²) < 4.78 is 20.3. The van der Waals surface area contributed by atoms with E-state index in [2.05, 4.69) is 0 Å². The predicted octanol–water partition coefficient (Wildman–Crippen LogP) is 0.688. The van der Waals surface area contributed by atoms with Crippen LogP contribution in [0.4, 0.5) is 0 Å². The van der Waals surface area contributed by atoms with Crippen LogP contribution < -0.4 is 11.5 Å². The molecule has 0 aromatic carbocycles. The van der Waals surface area contributed by atoms with Gasteiger partial charge >= 0.3 is 0 Å². The van der Waals surface area contributed by atoms with Crippen molar-refractivity contribution < 1.29 is 18.9 Å². The fourth-order valence-corrected chi connectivity index (χ4v) is 1.11. The molecule has 112 valence electrons. The van der Waals surface area contributed by atoms with Crippen molar-refractivity contribution in [1.29, 1.82) is 0 Å². The second-order valence-electron chi connectivity index (χ2n) is 3.15. The van der Waals surface area contributed by atoms with Crippen LogP contribution in [0.5, 0.6) is 0 Å². The van der Waals surface area contributed by atoms with Crippen molar-refractivity contribution in [3.05, 3.63) is 0 Å². The van der Waals surface area contributed by atoms with E-state index >= 15 is 0 Å². The molecule has 0 bridgehead atoms. The molecule has 0 saturated heterocycles. The van der Waals surface area contributed by atoms with E-state index < -0.39 is 0 Å². The third-order valence-corrected chi connectivity index (χ3v) is 1.80. The van der Waals surface area contributed by atoms with Crippen LogP contribution in [-0.4, -0.2) is 52.1 Å². The zero-order chi connectivity index (χ0) is 14.2. The average Bonchev–Trinajstić information content (AvgIpc) is 2.39. The Morgan fingerprint density at radius 1 is 0.611 bits per heavy atom. The summed E-state index contributed by atoms with van der Waals surface area (Å²) in [6.45, 7) is 11.2. The van der Waals surface area contributed by atoms with Crippen LogP contribution in [0, 0.1) is 0 Å². The maximum Gasteiger partial charge on any atom is 0.169 e. The highest BCUT2D eigenvalue weighted by molar-refractivity contribution is 4.41. The smallest absolute Gasteiger partial charge is 0.169 e. The molecule has 0 aliphatic heterocycles. The Balaban J connectivity index is 0. The number of nitrogens with two attached hydrogens (primary N) is 2. The molecule has 0 spiro atoms. The van der Waals surface area contributed by atoms with Crippen molar-refractivity contribution >= 4 is 0 Å². The number of hydrogen-bond donors (Lipinski definition) is 2. The van der Waals surface area contributed by atoms with Crippen LogP contribution in [0.3, 0.4) is 0 Å². The Morgan fingerprint density at radius 3 is 0.944 bits per heavy atom. The fraction of sp³-hybridized carbons (Fsp3) is 1.00. The molecule has 6 heteroatoms. The Kier molecular flexibility index (Phi) is 18.7. The topological polar surface area (TPSA) is 89.0 Å². The highest BCUT2D eigenvalue weighted by Gasteiger charge is 2.02. The van der Waals surface area contributed by atoms with Crippen molar-refractivity contribution in [2.24, 2.45) is 11.5 Å². The van der Waals surface area contributed by atoms with E-state index in [1.165, 1.54) is 0 Å². The van der Waals surface area contributed by atoms with Crippen LogP contribution in [-0.2, 0) is 18.9 Å². The van der Waals surface area contributed by atoms with Crippen LogP contribution in [0.25, 0.3) is 0 Å². The highest BCUT2D eigenvalue weighted by Crippen LogP contribution is 1.91. The van der Waals surface area contributed by atoms with E-state index in [9.17, 15) is 0 Å². The second kappa shape index (κ2) is 16.8. The van der Waals surface area contributed by atoms with Gasteiger partial charge in [-0.25, -0.2) is 0 Å². The summed E-state index contributed by atoms with van der Waals surface area (Å²) in [5, 5.41) is 0. The first-order valence-electron chi connectivity index (χ1n) is 6.56. The third-order valence-electron chi connectivity index (χ3n) is 1.80. The van der Waals surface area contributed by atoms with Crippen LogP contribution in [0.1, 0.15) is 27.7 Å². The van der Waals surface area contributed by atoms with Gasteiger partial charge in [0.1, 0.15) is 0 Å². The van der Waals surface area contributed by atoms with Gasteiger partial charge in [-0.05, 0) is 27.7 Å². The standard InChI is InChI=1S/2C6H15NO2/c2*1-3-8-6(5-7)9-4-2/h2*6H,3-5,7H2,1-2H3. The summed E-state index contributed by atoms with van der Waals surface area (Å²) in [5.41, 5.74) is 10.6. The molecule has 0 rings (SSSR count). The first kappa shape index (κ1) is 20.1. The molecular weight excluding hydrogens is 236 g/mol. The lowest BCUT2D eigenvalue weighted by atomic mass is 10.6. The lowest BCUT2D eigenvalue weighted by molar-refractivity contribution is -0.129. The minimum absolute atomic E-state index is 0.208. The van der Waals surface area contributed by atoms with Crippen molar-refractivity contribution in [3.63, 3.8) is 0 Å². The van der Waals surface area contributed by atoms with E-state index in [0.717, 1.165) is 0 Å². The van der Waals surface area contributed by atoms with Gasteiger partial charge in [0.25, 0.3) is 0 Å². The molecule has 0 aliphatic carbocycles. The first-order valence-corrected chi connectivity index (χ1v) is 6.56. The van der Waals surface area contributed by atoms with Gasteiger partial charge < -0.3 is 30.4 Å². The van der Waals surface area contributed by atoms with Crippen molar-refractivity contribution in [3.8, 4) is 0 Å². The Hall–Kier alpha value is -0.240. The van der Waals surface area contributed by atoms with E-state index in [0.29, 0.717) is 39.5 Å². The Morgan fingerprint density at radius 2 is 0.833 bits per heavy atom. The van der Waals surface area contributed by atoms with Gasteiger partial charge in [0.05, 0.1) is 0 Å². The summed E-state index contributed by atoms with van der Waals surface area (Å²) in [7, 11) is 0. The zero-order valence-electron chi connectivity index (χ0n) is 12.2. The summed E-state index contributed by atoms with van der Waals surface area (Å²) in [4.78, 5) is 0. The SMILES string of the molecule is CCOC(CN)OCC.CCOC(CN)OCC. The molecule has 0 aromatic heterocycles. The summed E-state index contributed by atoms with van der Waals surface area (Å²) >= 11 is 0. The minimum atomic E-state index is -0.208. The minimum Gasteiger partial charge on any atom is -0.352 e. The van der Waals surface area contributed by atoms with Crippen LogP contribution in [0.2, 0.25) is 0 Å². The molecule has 0 fully saturated rings. The van der Waals surface area contributed by atoms with Crippen molar-refractivity contribution in [1.82, 2.24) is 0 Å². The normalized spacial score (nSPS) is 10.7. The molecule has 0 atom stereocenters. The van der Waals surface area contributed by atoms with Crippen molar-refractivity contribution in [2.75, 3.05) is 39.5 Å². The lowest BCUT2D eigenvalue weighted by Gasteiger charge is -2.13. The zero-order valence-corrected chi connectivity index (χ0v) is 12.2. The van der Waals surface area contributed by atoms with Gasteiger partial charge in [0.2, 0.25) is 0 Å². The van der Waals surface area contributed by atoms with E-state index in [1.807, 2.05) is 27.7 Å². The van der Waals surface area contributed by atoms with E-state index in [4.69, 9.17) is 30.4 Å². The Labute approximate surface area is 111 Å². The maximum atomic E-state index is 5.29. The monoisotopic (exact) mass is 266 g/mol. The molecule has 0 saturated carbocycles. The molecular formula is C12H30N2O4. The van der Waals surface area contributed by atoms with Crippen LogP contribution in [0.15, 0.2) is 0 Å². The quantitative estimate of drug-likeness (QED) is 0.565. The largest absolute Gasteiger partial charge is 0.352 e. The summed E-state index contributed by atoms with van der Waals surface area (Å²) in [6, 6.07) is 0. The third kappa shape index (κ3) is 13.8. The van der Waals surface area contributed by atoms with Gasteiger partial charge in [-0.15, -0.1) is 0 Å². The number of ether oxygens (including phenoxy) is 4. The van der Waals surface area contributed by atoms with Gasteiger partial charge in [0.15, 0.2) is 12.6 Å². The summed E-state index contributed by atoms with van der Waals surface area (Å²) in [5.74, 6) is 0. The highest BCUT2D eigenvalue weighted by atomic mass is 16.7. The molecule has 0 amide bonds. The second-order valence-corrected chi connectivity index (χ2v) is 3.15. The molecule has 0 aromatic rings. The Bertz CT molecular complexity index is 122. The molecule has 0 heterocycles.